The molecule has 0 radical (unpaired) electrons. The number of hydrogen-bond donors (Lipinski definition) is 1. The minimum absolute atomic E-state index is 0.116. The first-order chi connectivity index (χ1) is 11.1. The van der Waals surface area contributed by atoms with Crippen molar-refractivity contribution in [2.75, 3.05) is 17.4 Å². The molecular formula is C17H17ClN4O. The second-order valence-electron chi connectivity index (χ2n) is 5.33. The van der Waals surface area contributed by atoms with Gasteiger partial charge in [0.2, 0.25) is 5.91 Å². The van der Waals surface area contributed by atoms with Gasteiger partial charge in [-0.2, -0.15) is 5.10 Å². The Balaban J connectivity index is 1.87. The van der Waals surface area contributed by atoms with Gasteiger partial charge in [-0.05, 0) is 41.8 Å². The van der Waals surface area contributed by atoms with Crippen LogP contribution in [0.25, 0.3) is 0 Å². The number of anilines is 2. The number of pyridine rings is 1. The number of carbonyl (C=O) groups excluding carboxylic acids is 1. The molecule has 0 saturated heterocycles. The zero-order valence-electron chi connectivity index (χ0n) is 13.0. The van der Waals surface area contributed by atoms with E-state index in [4.69, 9.17) is 11.6 Å². The second kappa shape index (κ2) is 6.38. The van der Waals surface area contributed by atoms with E-state index in [1.165, 1.54) is 0 Å². The molecule has 0 aliphatic carbocycles. The summed E-state index contributed by atoms with van der Waals surface area (Å²) in [7, 11) is 1.80. The third-order valence-corrected chi connectivity index (χ3v) is 4.18. The molecule has 5 nitrogen and oxygen atoms in total. The third-order valence-electron chi connectivity index (χ3n) is 3.88. The van der Waals surface area contributed by atoms with Crippen molar-refractivity contribution in [2.45, 2.75) is 19.8 Å². The lowest BCUT2D eigenvalue weighted by Crippen LogP contribution is -2.20. The zero-order chi connectivity index (χ0) is 16.4. The Bertz CT molecular complexity index is 788. The maximum atomic E-state index is 11.8. The summed E-state index contributed by atoms with van der Waals surface area (Å²) in [6.45, 7) is 2.03. The van der Waals surface area contributed by atoms with Gasteiger partial charge in [-0.15, -0.1) is 0 Å². The summed E-state index contributed by atoms with van der Waals surface area (Å²) >= 11 is 6.07. The number of halogens is 1. The molecule has 2 heterocycles. The summed E-state index contributed by atoms with van der Waals surface area (Å²) in [6, 6.07) is 9.51. The number of hydrogen-bond acceptors (Lipinski definition) is 4. The van der Waals surface area contributed by atoms with Gasteiger partial charge in [0.05, 0.1) is 17.2 Å². The van der Waals surface area contributed by atoms with Gasteiger partial charge in [-0.3, -0.25) is 10.2 Å². The molecule has 23 heavy (non-hydrogen) atoms. The Morgan fingerprint density at radius 3 is 3.00 bits per heavy atom. The predicted octanol–water partition coefficient (Wildman–Crippen LogP) is 3.48. The van der Waals surface area contributed by atoms with Crippen LogP contribution < -0.4 is 10.3 Å². The molecule has 0 atom stereocenters. The number of fused-ring (bicyclic) bond motifs is 1. The van der Waals surface area contributed by atoms with E-state index in [-0.39, 0.29) is 5.91 Å². The highest BCUT2D eigenvalue weighted by molar-refractivity contribution is 6.32. The molecule has 0 saturated carbocycles. The Kier molecular flexibility index (Phi) is 4.30. The third kappa shape index (κ3) is 3.05. The molecule has 0 unspecified atom stereocenters. The lowest BCUT2D eigenvalue weighted by Gasteiger charge is -2.11. The van der Waals surface area contributed by atoms with E-state index >= 15 is 0 Å². The molecule has 1 aromatic heterocycles. The minimum atomic E-state index is 0.116. The number of likely N-dealkylation sites (N-methyl/N-ethyl adjacent to an activating group) is 1. The quantitative estimate of drug-likeness (QED) is 0.690. The van der Waals surface area contributed by atoms with Crippen LogP contribution in [0.4, 0.5) is 11.5 Å². The highest BCUT2D eigenvalue weighted by atomic mass is 35.5. The average Bonchev–Trinajstić information content (AvgIpc) is 2.84. The van der Waals surface area contributed by atoms with Crippen molar-refractivity contribution in [1.82, 2.24) is 4.98 Å². The van der Waals surface area contributed by atoms with Crippen molar-refractivity contribution < 1.29 is 4.79 Å². The van der Waals surface area contributed by atoms with Crippen LogP contribution >= 0.6 is 11.6 Å². The van der Waals surface area contributed by atoms with Crippen molar-refractivity contribution in [3.63, 3.8) is 0 Å². The van der Waals surface area contributed by atoms with Gasteiger partial charge < -0.3 is 4.90 Å². The topological polar surface area (TPSA) is 57.6 Å². The summed E-state index contributed by atoms with van der Waals surface area (Å²) in [5, 5.41) is 4.95. The van der Waals surface area contributed by atoms with Crippen LogP contribution in [0.15, 0.2) is 41.6 Å². The van der Waals surface area contributed by atoms with E-state index in [1.807, 2.05) is 25.1 Å². The fraction of sp³-hybridized carbons (Fsp3) is 0.235. The Morgan fingerprint density at radius 2 is 2.26 bits per heavy atom. The predicted molar refractivity (Wildman–Crippen MR) is 93.3 cm³/mol. The summed E-state index contributed by atoms with van der Waals surface area (Å²) in [6.07, 6.45) is 2.85. The first-order valence-corrected chi connectivity index (χ1v) is 7.81. The molecule has 0 bridgehead atoms. The van der Waals surface area contributed by atoms with E-state index in [2.05, 4.69) is 15.5 Å². The molecule has 1 amide bonds. The SMILES string of the molecule is CCC(=NNc1ncccc1Cl)c1ccc2c(c1)CC(=O)N2C. The fourth-order valence-electron chi connectivity index (χ4n) is 2.59. The van der Waals surface area contributed by atoms with Gasteiger partial charge in [-0.25, -0.2) is 4.98 Å². The number of nitrogens with one attached hydrogen (secondary N) is 1. The van der Waals surface area contributed by atoms with Crippen LogP contribution in [0.1, 0.15) is 24.5 Å². The van der Waals surface area contributed by atoms with Gasteiger partial charge in [-0.1, -0.05) is 24.6 Å². The van der Waals surface area contributed by atoms with Crippen molar-refractivity contribution in [2.24, 2.45) is 5.10 Å². The zero-order valence-corrected chi connectivity index (χ0v) is 13.8. The van der Waals surface area contributed by atoms with Gasteiger partial charge in [0.15, 0.2) is 5.82 Å². The van der Waals surface area contributed by atoms with E-state index in [9.17, 15) is 4.79 Å². The van der Waals surface area contributed by atoms with Gasteiger partial charge >= 0.3 is 0 Å². The number of nitrogens with zero attached hydrogens (tertiary/aromatic N) is 3. The first kappa shape index (κ1) is 15.5. The molecule has 0 spiro atoms. The number of benzene rings is 1. The minimum Gasteiger partial charge on any atom is -0.315 e. The molecule has 1 N–H and O–H groups in total. The number of aromatic nitrogens is 1. The summed E-state index contributed by atoms with van der Waals surface area (Å²) in [5.74, 6) is 0.640. The van der Waals surface area contributed by atoms with Crippen LogP contribution in [0.3, 0.4) is 0 Å². The standard InChI is InChI=1S/C17H17ClN4O/c1-3-14(20-21-17-13(18)5-4-8-19-17)11-6-7-15-12(9-11)10-16(23)22(15)2/h4-9H,3,10H2,1-2H3,(H,19,21). The molecule has 1 aliphatic heterocycles. The van der Waals surface area contributed by atoms with E-state index < -0.39 is 0 Å². The van der Waals surface area contributed by atoms with Crippen molar-refractivity contribution in [3.05, 3.63) is 52.7 Å². The van der Waals surface area contributed by atoms with Crippen LogP contribution in [0.2, 0.25) is 5.02 Å². The van der Waals surface area contributed by atoms with E-state index in [1.54, 1.807) is 30.3 Å². The smallest absolute Gasteiger partial charge is 0.231 e. The second-order valence-corrected chi connectivity index (χ2v) is 5.74. The molecule has 3 rings (SSSR count). The lowest BCUT2D eigenvalue weighted by atomic mass is 10.0. The molecular weight excluding hydrogens is 312 g/mol. The Morgan fingerprint density at radius 1 is 1.43 bits per heavy atom. The number of carbonyl (C=O) groups is 1. The maximum absolute atomic E-state index is 11.8. The normalized spacial score (nSPS) is 14.1. The number of rotatable bonds is 4. The van der Waals surface area contributed by atoms with Crippen LogP contribution in [-0.2, 0) is 11.2 Å². The summed E-state index contributed by atoms with van der Waals surface area (Å²) in [5.41, 5.74) is 6.80. The highest BCUT2D eigenvalue weighted by Crippen LogP contribution is 2.29. The van der Waals surface area contributed by atoms with Gasteiger partial charge in [0.1, 0.15) is 0 Å². The largest absolute Gasteiger partial charge is 0.315 e. The molecule has 6 heteroatoms. The van der Waals surface area contributed by atoms with Gasteiger partial charge in [0.25, 0.3) is 0 Å². The molecule has 118 valence electrons. The van der Waals surface area contributed by atoms with E-state index in [0.717, 1.165) is 28.9 Å². The average molecular weight is 329 g/mol. The van der Waals surface area contributed by atoms with Gasteiger partial charge in [0, 0.05) is 18.9 Å². The van der Waals surface area contributed by atoms with Crippen molar-refractivity contribution >= 4 is 34.7 Å². The van der Waals surface area contributed by atoms with Crippen LogP contribution in [0, 0.1) is 0 Å². The Hall–Kier alpha value is -2.40. The highest BCUT2D eigenvalue weighted by Gasteiger charge is 2.24. The summed E-state index contributed by atoms with van der Waals surface area (Å²) < 4.78 is 0. The number of amides is 1. The molecule has 0 fully saturated rings. The fourth-order valence-corrected chi connectivity index (χ4v) is 2.75. The van der Waals surface area contributed by atoms with E-state index in [0.29, 0.717) is 17.3 Å². The summed E-state index contributed by atoms with van der Waals surface area (Å²) in [4.78, 5) is 17.6. The van der Waals surface area contributed by atoms with Crippen LogP contribution in [0.5, 0.6) is 0 Å². The molecule has 1 aliphatic rings. The number of hydrazone groups is 1. The van der Waals surface area contributed by atoms with Crippen LogP contribution in [-0.4, -0.2) is 23.7 Å². The first-order valence-electron chi connectivity index (χ1n) is 7.43. The monoisotopic (exact) mass is 328 g/mol. The lowest BCUT2D eigenvalue weighted by molar-refractivity contribution is -0.117. The molecule has 1 aromatic carbocycles. The maximum Gasteiger partial charge on any atom is 0.231 e. The van der Waals surface area contributed by atoms with Crippen molar-refractivity contribution in [1.29, 1.82) is 0 Å². The Labute approximate surface area is 140 Å². The molecule has 2 aromatic rings. The van der Waals surface area contributed by atoms with Crippen molar-refractivity contribution in [3.8, 4) is 0 Å².